The fourth-order valence-corrected chi connectivity index (χ4v) is 23.5. The van der Waals surface area contributed by atoms with Crippen molar-refractivity contribution in [3.63, 3.8) is 0 Å². The Morgan fingerprint density at radius 1 is 0.884 bits per heavy atom. The van der Waals surface area contributed by atoms with Crippen LogP contribution in [0.15, 0.2) is 18.2 Å². The number of amides is 1. The normalized spacial score (nSPS) is 17.7. The molecular formula is C36H66BNO4Sn. The first-order valence-electron chi connectivity index (χ1n) is 17.3. The molecule has 7 heteroatoms. The van der Waals surface area contributed by atoms with Gasteiger partial charge in [-0.15, -0.1) is 0 Å². The van der Waals surface area contributed by atoms with Gasteiger partial charge in [-0.3, -0.25) is 0 Å². The van der Waals surface area contributed by atoms with Gasteiger partial charge in [-0.05, 0) is 0 Å². The number of carbonyl (C=O) groups excluding carboxylic acids is 1. The number of alkyl carbamates (subject to hydrolysis) is 1. The summed E-state index contributed by atoms with van der Waals surface area (Å²) in [7, 11) is -0.365. The molecule has 5 nitrogen and oxygen atoms in total. The Bertz CT molecular complexity index is 989. The molecule has 1 aromatic rings. The number of ether oxygens (including phenoxy) is 1. The van der Waals surface area contributed by atoms with E-state index in [0.717, 1.165) is 18.3 Å². The summed E-state index contributed by atoms with van der Waals surface area (Å²) in [6.45, 7) is 28.1. The number of hydrogen-bond acceptors (Lipinski definition) is 4. The summed E-state index contributed by atoms with van der Waals surface area (Å²) in [4.78, 5) is 13.0. The molecule has 1 aliphatic heterocycles. The Morgan fingerprint density at radius 3 is 1.79 bits per heavy atom. The monoisotopic (exact) mass is 707 g/mol. The second-order valence-electron chi connectivity index (χ2n) is 16.4. The zero-order valence-corrected chi connectivity index (χ0v) is 33.2. The van der Waals surface area contributed by atoms with Crippen molar-refractivity contribution in [3.8, 4) is 0 Å². The van der Waals surface area contributed by atoms with Crippen LogP contribution in [-0.4, -0.2) is 54.4 Å². The molecule has 1 fully saturated rings. The topological polar surface area (TPSA) is 56.8 Å². The van der Waals surface area contributed by atoms with Crippen molar-refractivity contribution in [1.82, 2.24) is 5.32 Å². The molecular weight excluding hydrogens is 640 g/mol. The molecule has 0 aliphatic carbocycles. The number of unbranched alkanes of at least 4 members (excludes halogenated alkanes) is 3. The maximum absolute atomic E-state index is 13.0. The first-order valence-corrected chi connectivity index (χ1v) is 24.7. The van der Waals surface area contributed by atoms with Crippen LogP contribution >= 0.6 is 0 Å². The van der Waals surface area contributed by atoms with Crippen LogP contribution in [0, 0.1) is 5.41 Å². The van der Waals surface area contributed by atoms with E-state index in [-0.39, 0.29) is 35.9 Å². The molecule has 1 aliphatic rings. The van der Waals surface area contributed by atoms with Gasteiger partial charge >= 0.3 is 271 Å². The molecule has 1 heterocycles. The first-order chi connectivity index (χ1) is 19.8. The zero-order chi connectivity index (χ0) is 32.7. The van der Waals surface area contributed by atoms with Gasteiger partial charge in [-0.25, -0.2) is 0 Å². The summed E-state index contributed by atoms with van der Waals surface area (Å²) in [6, 6.07) is 7.09. The molecule has 1 N–H and O–H groups in total. The molecule has 246 valence electrons. The summed E-state index contributed by atoms with van der Waals surface area (Å²) in [5.74, 6) is 0. The quantitative estimate of drug-likeness (QED) is 0.185. The molecule has 0 aromatic heterocycles. The predicted octanol–water partition coefficient (Wildman–Crippen LogP) is 8.91. The number of benzene rings is 1. The molecule has 43 heavy (non-hydrogen) atoms. The summed E-state index contributed by atoms with van der Waals surface area (Å²) in [5.41, 5.74) is 1.35. The van der Waals surface area contributed by atoms with Gasteiger partial charge in [0, 0.05) is 0 Å². The molecule has 1 atom stereocenters. The Hall–Kier alpha value is -0.726. The van der Waals surface area contributed by atoms with Crippen molar-refractivity contribution in [2.75, 3.05) is 0 Å². The summed E-state index contributed by atoms with van der Waals surface area (Å²) < 4.78 is 24.7. The Morgan fingerprint density at radius 2 is 1.37 bits per heavy atom. The fraction of sp³-hybridized carbons (Fsp3) is 0.806. The molecule has 1 amide bonds. The van der Waals surface area contributed by atoms with Crippen molar-refractivity contribution < 1.29 is 18.8 Å². The van der Waals surface area contributed by atoms with Crippen molar-refractivity contribution in [3.05, 3.63) is 23.8 Å². The Balaban J connectivity index is 2.69. The van der Waals surface area contributed by atoms with Crippen LogP contribution in [-0.2, 0) is 20.5 Å². The van der Waals surface area contributed by atoms with Crippen molar-refractivity contribution in [1.29, 1.82) is 0 Å². The molecule has 1 unspecified atom stereocenters. The second-order valence-corrected chi connectivity index (χ2v) is 29.5. The third-order valence-electron chi connectivity index (χ3n) is 9.30. The van der Waals surface area contributed by atoms with Gasteiger partial charge in [-0.1, -0.05) is 0 Å². The number of nitrogens with one attached hydrogen (secondary N) is 1. The SMILES string of the molecule is CCC[CH2][Sn]([CH2]CCC)([CH2]CCC)[c]1cc(B2OC(C)(C)C(C)(C)O2)ccc1CC(CC(C)(C)C)NC(=O)OC(C)(C)C. The summed E-state index contributed by atoms with van der Waals surface area (Å²) in [5, 5.41) is 3.29. The first kappa shape index (κ1) is 38.5. The summed E-state index contributed by atoms with van der Waals surface area (Å²) in [6.07, 6.45) is 8.96. The van der Waals surface area contributed by atoms with Gasteiger partial charge in [0.05, 0.1) is 0 Å². The van der Waals surface area contributed by atoms with E-state index in [4.69, 9.17) is 14.0 Å². The minimum absolute atomic E-state index is 0.0104. The van der Waals surface area contributed by atoms with Gasteiger partial charge in [0.1, 0.15) is 0 Å². The van der Waals surface area contributed by atoms with E-state index in [0.29, 0.717) is 0 Å². The average molecular weight is 706 g/mol. The molecule has 0 bridgehead atoms. The van der Waals surface area contributed by atoms with E-state index in [9.17, 15) is 4.79 Å². The fourth-order valence-electron chi connectivity index (χ4n) is 6.37. The average Bonchev–Trinajstić information content (AvgIpc) is 3.08. The minimum atomic E-state index is -2.90. The van der Waals surface area contributed by atoms with E-state index in [1.165, 1.54) is 57.4 Å². The predicted molar refractivity (Wildman–Crippen MR) is 188 cm³/mol. The zero-order valence-electron chi connectivity index (χ0n) is 30.3. The van der Waals surface area contributed by atoms with Crippen molar-refractivity contribution >= 4 is 40.6 Å². The van der Waals surface area contributed by atoms with Crippen molar-refractivity contribution in [2.24, 2.45) is 5.41 Å². The van der Waals surface area contributed by atoms with E-state index >= 15 is 0 Å². The van der Waals surface area contributed by atoms with Gasteiger partial charge in [0.25, 0.3) is 0 Å². The van der Waals surface area contributed by atoms with Crippen LogP contribution in [0.2, 0.25) is 13.3 Å². The molecule has 2 rings (SSSR count). The van der Waals surface area contributed by atoms with Crippen LogP contribution in [0.5, 0.6) is 0 Å². The van der Waals surface area contributed by atoms with Gasteiger partial charge < -0.3 is 0 Å². The number of rotatable bonds is 15. The van der Waals surface area contributed by atoms with Crippen LogP contribution in [0.25, 0.3) is 0 Å². The van der Waals surface area contributed by atoms with Crippen LogP contribution in [0.3, 0.4) is 0 Å². The van der Waals surface area contributed by atoms with E-state index in [1.807, 2.05) is 20.8 Å². The standard InChI is InChI=1S/C24H39BNO4.3C4H9.Sn/c1-21(2,3)16-19(26-20(27)28-22(4,5)6)15-17-11-13-18(14-12-17)25-29-23(7,8)24(9,10)30-25;3*1-3-4-2;/h11,13-14,19H,15-16H2,1-10H3,(H,26,27);3*1,3-4H2,2H3;. The number of carbonyl (C=O) groups is 1. The van der Waals surface area contributed by atoms with Crippen LogP contribution in [0.1, 0.15) is 141 Å². The summed E-state index contributed by atoms with van der Waals surface area (Å²) >= 11 is -2.90. The molecule has 1 aromatic carbocycles. The van der Waals surface area contributed by atoms with Crippen LogP contribution in [0.4, 0.5) is 4.79 Å². The van der Waals surface area contributed by atoms with Gasteiger partial charge in [0.2, 0.25) is 0 Å². The third-order valence-corrected chi connectivity index (χ3v) is 25.1. The van der Waals surface area contributed by atoms with Gasteiger partial charge in [-0.2, -0.15) is 0 Å². The van der Waals surface area contributed by atoms with Crippen molar-refractivity contribution in [2.45, 2.75) is 178 Å². The maximum atomic E-state index is 13.0. The van der Waals surface area contributed by atoms with Gasteiger partial charge in [0.15, 0.2) is 0 Å². The molecule has 0 saturated carbocycles. The Labute approximate surface area is 270 Å². The second kappa shape index (κ2) is 15.7. The van der Waals surface area contributed by atoms with E-state index in [1.54, 1.807) is 3.58 Å². The Kier molecular flexibility index (Phi) is 14.1. The third kappa shape index (κ3) is 11.5. The molecule has 0 spiro atoms. The van der Waals surface area contributed by atoms with E-state index < -0.39 is 24.0 Å². The molecule has 0 radical (unpaired) electrons. The number of hydrogen-bond donors (Lipinski definition) is 1. The molecule has 1 saturated heterocycles. The van der Waals surface area contributed by atoms with E-state index in [2.05, 4.69) is 92.8 Å². The van der Waals surface area contributed by atoms with Crippen LogP contribution < -0.4 is 14.4 Å².